The van der Waals surface area contributed by atoms with Crippen molar-refractivity contribution in [3.8, 4) is 0 Å². The second-order valence-corrected chi connectivity index (χ2v) is 7.11. The molecule has 0 unspecified atom stereocenters. The number of carboxylic acids is 1. The van der Waals surface area contributed by atoms with Crippen molar-refractivity contribution < 1.29 is 19.1 Å². The average molecular weight is 382 g/mol. The summed E-state index contributed by atoms with van der Waals surface area (Å²) in [6.45, 7) is 1.82. The zero-order chi connectivity index (χ0) is 20.0. The molecule has 1 fully saturated rings. The van der Waals surface area contributed by atoms with Crippen molar-refractivity contribution in [3.63, 3.8) is 0 Å². The van der Waals surface area contributed by atoms with Crippen LogP contribution < -0.4 is 5.32 Å². The topological polar surface area (TPSA) is 97.1 Å². The molecule has 1 saturated carbocycles. The zero-order valence-electron chi connectivity index (χ0n) is 15.5. The number of nitrogens with one attached hydrogen (secondary N) is 1. The first-order valence-corrected chi connectivity index (χ1v) is 8.99. The SMILES string of the molecule is Cc1nn(C)c2nc(C3CC3)cc(C(=O)Nc3ccc(CC(=O)O)c(F)c3)c12. The van der Waals surface area contributed by atoms with Gasteiger partial charge in [-0.15, -0.1) is 0 Å². The van der Waals surface area contributed by atoms with Gasteiger partial charge in [0.05, 0.1) is 23.1 Å². The Morgan fingerprint density at radius 1 is 1.32 bits per heavy atom. The standard InChI is InChI=1S/C20H19FN4O3/c1-10-18-14(9-16(11-3-4-11)23-19(18)25(2)24-10)20(28)22-13-6-5-12(7-17(26)27)15(21)8-13/h5-6,8-9,11H,3-4,7H2,1-2H3,(H,22,28)(H,26,27). The Hall–Kier alpha value is -3.29. The Bertz CT molecular complexity index is 1120. The average Bonchev–Trinajstić information content (AvgIpc) is 3.43. The summed E-state index contributed by atoms with van der Waals surface area (Å²) < 4.78 is 15.8. The van der Waals surface area contributed by atoms with Crippen molar-refractivity contribution in [1.29, 1.82) is 0 Å². The number of benzene rings is 1. The van der Waals surface area contributed by atoms with Gasteiger partial charge in [-0.3, -0.25) is 14.3 Å². The Kier molecular flexibility index (Phi) is 4.33. The van der Waals surface area contributed by atoms with Crippen molar-refractivity contribution in [1.82, 2.24) is 14.8 Å². The summed E-state index contributed by atoms with van der Waals surface area (Å²) in [5, 5.41) is 16.6. The molecule has 1 aliphatic carbocycles. The molecule has 0 bridgehead atoms. The van der Waals surface area contributed by atoms with Crippen LogP contribution in [0.1, 0.15) is 46.1 Å². The van der Waals surface area contributed by atoms with Gasteiger partial charge in [0.1, 0.15) is 5.82 Å². The molecule has 2 heterocycles. The third-order valence-electron chi connectivity index (χ3n) is 4.88. The minimum Gasteiger partial charge on any atom is -0.481 e. The molecular weight excluding hydrogens is 363 g/mol. The number of amides is 1. The minimum absolute atomic E-state index is 0.0657. The molecule has 2 N–H and O–H groups in total. The normalized spacial score (nSPS) is 13.7. The lowest BCUT2D eigenvalue weighted by Gasteiger charge is -2.10. The van der Waals surface area contributed by atoms with Crippen LogP contribution in [0.3, 0.4) is 0 Å². The van der Waals surface area contributed by atoms with E-state index in [0.29, 0.717) is 28.2 Å². The highest BCUT2D eigenvalue weighted by Gasteiger charge is 2.28. The number of anilines is 1. The third-order valence-corrected chi connectivity index (χ3v) is 4.88. The Morgan fingerprint density at radius 3 is 2.71 bits per heavy atom. The first-order valence-electron chi connectivity index (χ1n) is 8.99. The molecule has 7 nitrogen and oxygen atoms in total. The second kappa shape index (κ2) is 6.70. The van der Waals surface area contributed by atoms with E-state index in [1.54, 1.807) is 17.8 Å². The Balaban J connectivity index is 1.69. The van der Waals surface area contributed by atoms with Gasteiger partial charge in [-0.2, -0.15) is 5.10 Å². The summed E-state index contributed by atoms with van der Waals surface area (Å²) in [4.78, 5) is 28.4. The fourth-order valence-corrected chi connectivity index (χ4v) is 3.36. The molecule has 4 rings (SSSR count). The van der Waals surface area contributed by atoms with Crippen molar-refractivity contribution in [2.45, 2.75) is 32.1 Å². The number of carbonyl (C=O) groups excluding carboxylic acids is 1. The quantitative estimate of drug-likeness (QED) is 0.706. The van der Waals surface area contributed by atoms with Crippen molar-refractivity contribution >= 4 is 28.6 Å². The number of pyridine rings is 1. The van der Waals surface area contributed by atoms with Gasteiger partial charge in [-0.1, -0.05) is 6.07 Å². The number of halogens is 1. The lowest BCUT2D eigenvalue weighted by molar-refractivity contribution is -0.136. The predicted molar refractivity (Wildman–Crippen MR) is 101 cm³/mol. The molecule has 144 valence electrons. The number of nitrogens with zero attached hydrogens (tertiary/aromatic N) is 3. The molecule has 8 heteroatoms. The molecule has 2 aromatic heterocycles. The van der Waals surface area contributed by atoms with Crippen LogP contribution in [0.5, 0.6) is 0 Å². The van der Waals surface area contributed by atoms with Crippen molar-refractivity contribution in [2.24, 2.45) is 7.05 Å². The number of aromatic nitrogens is 3. The van der Waals surface area contributed by atoms with E-state index >= 15 is 0 Å². The van der Waals surface area contributed by atoms with Gasteiger partial charge in [0, 0.05) is 24.3 Å². The van der Waals surface area contributed by atoms with E-state index in [1.807, 2.05) is 6.92 Å². The first kappa shape index (κ1) is 18.1. The third kappa shape index (κ3) is 3.33. The van der Waals surface area contributed by atoms with Crippen LogP contribution in [0.25, 0.3) is 11.0 Å². The van der Waals surface area contributed by atoms with Gasteiger partial charge in [-0.25, -0.2) is 9.37 Å². The highest BCUT2D eigenvalue weighted by Crippen LogP contribution is 2.40. The molecule has 0 radical (unpaired) electrons. The van der Waals surface area contributed by atoms with Gasteiger partial charge in [0.25, 0.3) is 5.91 Å². The Labute approximate surface area is 160 Å². The molecule has 3 aromatic rings. The summed E-state index contributed by atoms with van der Waals surface area (Å²) in [7, 11) is 1.79. The van der Waals surface area contributed by atoms with Crippen LogP contribution in [-0.4, -0.2) is 31.7 Å². The molecule has 0 aliphatic heterocycles. The van der Waals surface area contributed by atoms with Gasteiger partial charge >= 0.3 is 5.97 Å². The molecule has 28 heavy (non-hydrogen) atoms. The van der Waals surface area contributed by atoms with Crippen LogP contribution in [0.2, 0.25) is 0 Å². The summed E-state index contributed by atoms with van der Waals surface area (Å²) in [5.41, 5.74) is 2.98. The van der Waals surface area contributed by atoms with Crippen LogP contribution in [0.4, 0.5) is 10.1 Å². The zero-order valence-corrected chi connectivity index (χ0v) is 15.5. The number of aryl methyl sites for hydroxylation is 2. The number of fused-ring (bicyclic) bond motifs is 1. The second-order valence-electron chi connectivity index (χ2n) is 7.11. The van der Waals surface area contributed by atoms with E-state index in [-0.39, 0.29) is 17.2 Å². The van der Waals surface area contributed by atoms with E-state index in [2.05, 4.69) is 15.4 Å². The number of carboxylic acid groups (broad SMARTS) is 1. The maximum Gasteiger partial charge on any atom is 0.307 e. The molecule has 1 aromatic carbocycles. The maximum atomic E-state index is 14.1. The fourth-order valence-electron chi connectivity index (χ4n) is 3.36. The lowest BCUT2D eigenvalue weighted by atomic mass is 10.1. The van der Waals surface area contributed by atoms with Crippen LogP contribution in [-0.2, 0) is 18.3 Å². The van der Waals surface area contributed by atoms with E-state index in [4.69, 9.17) is 5.11 Å². The fraction of sp³-hybridized carbons (Fsp3) is 0.300. The number of hydrogen-bond acceptors (Lipinski definition) is 4. The summed E-state index contributed by atoms with van der Waals surface area (Å²) in [5.74, 6) is -1.81. The Morgan fingerprint density at radius 2 is 2.07 bits per heavy atom. The number of rotatable bonds is 5. The molecule has 0 atom stereocenters. The number of aliphatic carboxylic acids is 1. The molecule has 0 spiro atoms. The van der Waals surface area contributed by atoms with Crippen LogP contribution in [0, 0.1) is 12.7 Å². The highest BCUT2D eigenvalue weighted by atomic mass is 19.1. The summed E-state index contributed by atoms with van der Waals surface area (Å²) in [6.07, 6.45) is 1.68. The van der Waals surface area contributed by atoms with E-state index < -0.39 is 18.2 Å². The summed E-state index contributed by atoms with van der Waals surface area (Å²) >= 11 is 0. The molecule has 1 amide bonds. The largest absolute Gasteiger partial charge is 0.481 e. The maximum absolute atomic E-state index is 14.1. The smallest absolute Gasteiger partial charge is 0.307 e. The monoisotopic (exact) mass is 382 g/mol. The van der Waals surface area contributed by atoms with E-state index in [9.17, 15) is 14.0 Å². The molecular formula is C20H19FN4O3. The highest BCUT2D eigenvalue weighted by molar-refractivity contribution is 6.12. The first-order chi connectivity index (χ1) is 13.3. The van der Waals surface area contributed by atoms with Gasteiger partial charge in [0.15, 0.2) is 5.65 Å². The number of carbonyl (C=O) groups is 2. The van der Waals surface area contributed by atoms with Gasteiger partial charge in [0.2, 0.25) is 0 Å². The molecule has 0 saturated heterocycles. The van der Waals surface area contributed by atoms with E-state index in [0.717, 1.165) is 24.6 Å². The van der Waals surface area contributed by atoms with Gasteiger partial charge in [-0.05, 0) is 43.5 Å². The summed E-state index contributed by atoms with van der Waals surface area (Å²) in [6, 6.07) is 5.79. The predicted octanol–water partition coefficient (Wildman–Crippen LogP) is 3.17. The lowest BCUT2D eigenvalue weighted by Crippen LogP contribution is -2.14. The van der Waals surface area contributed by atoms with Crippen LogP contribution in [0.15, 0.2) is 24.3 Å². The van der Waals surface area contributed by atoms with E-state index in [1.165, 1.54) is 12.1 Å². The minimum atomic E-state index is -1.12. The van der Waals surface area contributed by atoms with Gasteiger partial charge < -0.3 is 10.4 Å². The van der Waals surface area contributed by atoms with Crippen LogP contribution >= 0.6 is 0 Å². The van der Waals surface area contributed by atoms with Crippen molar-refractivity contribution in [2.75, 3.05) is 5.32 Å². The molecule has 1 aliphatic rings. The van der Waals surface area contributed by atoms with Crippen molar-refractivity contribution in [3.05, 3.63) is 52.6 Å². The number of hydrogen-bond donors (Lipinski definition) is 2.